The average molecular weight is 423 g/mol. The largest absolute Gasteiger partial charge is 0.497 e. The highest BCUT2D eigenvalue weighted by Gasteiger charge is 2.18. The number of rotatable bonds is 5. The predicted octanol–water partition coefficient (Wildman–Crippen LogP) is 4.99. The molecule has 1 aromatic heterocycles. The van der Waals surface area contributed by atoms with E-state index in [2.05, 4.69) is 20.1 Å². The van der Waals surface area contributed by atoms with Crippen LogP contribution >= 0.6 is 11.6 Å². The number of halogens is 1. The highest BCUT2D eigenvalue weighted by molar-refractivity contribution is 6.33. The van der Waals surface area contributed by atoms with Crippen molar-refractivity contribution in [3.63, 3.8) is 0 Å². The van der Waals surface area contributed by atoms with Gasteiger partial charge in [0.1, 0.15) is 11.6 Å². The molecule has 7 heteroatoms. The molecule has 0 aliphatic carbocycles. The van der Waals surface area contributed by atoms with E-state index in [9.17, 15) is 4.79 Å². The minimum absolute atomic E-state index is 0.230. The lowest BCUT2D eigenvalue weighted by Crippen LogP contribution is -2.08. The van der Waals surface area contributed by atoms with Crippen molar-refractivity contribution in [2.45, 2.75) is 32.2 Å². The number of fused-ring (bicyclic) bond motifs is 1. The maximum atomic E-state index is 12.4. The Morgan fingerprint density at radius 1 is 1.17 bits per heavy atom. The van der Waals surface area contributed by atoms with Gasteiger partial charge in [-0.3, -0.25) is 4.79 Å². The summed E-state index contributed by atoms with van der Waals surface area (Å²) in [7, 11) is 1.61. The van der Waals surface area contributed by atoms with Gasteiger partial charge in [0.15, 0.2) is 5.82 Å². The summed E-state index contributed by atoms with van der Waals surface area (Å²) in [5, 5.41) is 12.2. The molecule has 0 spiro atoms. The van der Waals surface area contributed by atoms with E-state index in [-0.39, 0.29) is 5.91 Å². The van der Waals surface area contributed by atoms with Gasteiger partial charge >= 0.3 is 0 Å². The third-order valence-corrected chi connectivity index (χ3v) is 5.43. The van der Waals surface area contributed by atoms with Crippen molar-refractivity contribution >= 4 is 29.3 Å². The summed E-state index contributed by atoms with van der Waals surface area (Å²) in [6.07, 6.45) is 7.57. The first kappa shape index (κ1) is 20.2. The van der Waals surface area contributed by atoms with Gasteiger partial charge in [0.2, 0.25) is 5.91 Å². The van der Waals surface area contributed by atoms with Gasteiger partial charge in [-0.2, -0.15) is 0 Å². The van der Waals surface area contributed by atoms with E-state index in [1.54, 1.807) is 25.3 Å². The SMILES string of the molecule is COc1cccc(/C=C/C(=O)Nc2ccc(Cl)c(-c3nnc4n3CCCCC4)c2)c1. The second kappa shape index (κ2) is 9.13. The number of aryl methyl sites for hydroxylation is 1. The molecule has 1 amide bonds. The fourth-order valence-electron chi connectivity index (χ4n) is 3.56. The van der Waals surface area contributed by atoms with E-state index in [1.807, 2.05) is 30.3 Å². The molecule has 1 aliphatic rings. The lowest BCUT2D eigenvalue weighted by Gasteiger charge is -2.10. The molecule has 30 heavy (non-hydrogen) atoms. The zero-order valence-electron chi connectivity index (χ0n) is 16.8. The molecular weight excluding hydrogens is 400 g/mol. The number of carbonyl (C=O) groups is 1. The summed E-state index contributed by atoms with van der Waals surface area (Å²) in [4.78, 5) is 12.4. The normalized spacial score (nSPS) is 13.7. The van der Waals surface area contributed by atoms with E-state index in [1.165, 1.54) is 12.5 Å². The number of hydrogen-bond donors (Lipinski definition) is 1. The summed E-state index contributed by atoms with van der Waals surface area (Å²) >= 11 is 6.46. The molecule has 2 heterocycles. The van der Waals surface area contributed by atoms with Crippen LogP contribution < -0.4 is 10.1 Å². The molecule has 154 valence electrons. The summed E-state index contributed by atoms with van der Waals surface area (Å²) in [5.74, 6) is 2.26. The van der Waals surface area contributed by atoms with Crippen LogP contribution in [0.5, 0.6) is 5.75 Å². The Kier molecular flexibility index (Phi) is 6.14. The van der Waals surface area contributed by atoms with Gasteiger partial charge in [-0.25, -0.2) is 0 Å². The molecule has 0 unspecified atom stereocenters. The number of nitrogens with zero attached hydrogens (tertiary/aromatic N) is 3. The molecule has 0 fully saturated rings. The standard InChI is InChI=1S/C23H23ClN4O2/c1-30-18-7-5-6-16(14-18)9-12-22(29)25-17-10-11-20(24)19(15-17)23-27-26-21-8-3-2-4-13-28(21)23/h5-7,9-12,14-15H,2-4,8,13H2,1H3,(H,25,29)/b12-9+. The Balaban J connectivity index is 1.53. The zero-order valence-corrected chi connectivity index (χ0v) is 17.5. The van der Waals surface area contributed by atoms with Crippen LogP contribution in [0.1, 0.15) is 30.7 Å². The monoisotopic (exact) mass is 422 g/mol. The number of methoxy groups -OCH3 is 1. The Bertz CT molecular complexity index is 1090. The Labute approximate surface area is 180 Å². The smallest absolute Gasteiger partial charge is 0.248 e. The first-order valence-corrected chi connectivity index (χ1v) is 10.4. The van der Waals surface area contributed by atoms with Crippen LogP contribution in [-0.4, -0.2) is 27.8 Å². The van der Waals surface area contributed by atoms with Crippen molar-refractivity contribution in [2.75, 3.05) is 12.4 Å². The van der Waals surface area contributed by atoms with Crippen LogP contribution in [0.25, 0.3) is 17.5 Å². The number of hydrogen-bond acceptors (Lipinski definition) is 4. The van der Waals surface area contributed by atoms with Gasteiger partial charge in [0, 0.05) is 30.3 Å². The average Bonchev–Trinajstić information content (AvgIpc) is 3.01. The van der Waals surface area contributed by atoms with Crippen LogP contribution in [0.15, 0.2) is 48.5 Å². The van der Waals surface area contributed by atoms with Crippen LogP contribution in [0.3, 0.4) is 0 Å². The van der Waals surface area contributed by atoms with Gasteiger partial charge in [0.25, 0.3) is 0 Å². The Hall–Kier alpha value is -3.12. The first-order chi connectivity index (χ1) is 14.6. The Morgan fingerprint density at radius 3 is 2.93 bits per heavy atom. The molecule has 0 atom stereocenters. The van der Waals surface area contributed by atoms with Crippen molar-refractivity contribution < 1.29 is 9.53 Å². The van der Waals surface area contributed by atoms with E-state index in [0.29, 0.717) is 10.7 Å². The third-order valence-electron chi connectivity index (χ3n) is 5.11. The molecule has 4 rings (SSSR count). The number of benzene rings is 2. The van der Waals surface area contributed by atoms with Gasteiger partial charge in [-0.05, 0) is 54.8 Å². The lowest BCUT2D eigenvalue weighted by atomic mass is 10.1. The van der Waals surface area contributed by atoms with Crippen molar-refractivity contribution in [3.8, 4) is 17.1 Å². The Morgan fingerprint density at radius 2 is 2.07 bits per heavy atom. The van der Waals surface area contributed by atoms with Crippen molar-refractivity contribution in [1.82, 2.24) is 14.8 Å². The lowest BCUT2D eigenvalue weighted by molar-refractivity contribution is -0.111. The molecular formula is C23H23ClN4O2. The molecule has 0 saturated carbocycles. The van der Waals surface area contributed by atoms with E-state index in [4.69, 9.17) is 16.3 Å². The highest BCUT2D eigenvalue weighted by Crippen LogP contribution is 2.31. The molecule has 3 aromatic rings. The maximum absolute atomic E-state index is 12.4. The van der Waals surface area contributed by atoms with Crippen LogP contribution in [-0.2, 0) is 17.8 Å². The minimum atomic E-state index is -0.230. The molecule has 0 radical (unpaired) electrons. The molecule has 1 N–H and O–H groups in total. The first-order valence-electron chi connectivity index (χ1n) is 9.99. The van der Waals surface area contributed by atoms with Gasteiger partial charge in [0.05, 0.1) is 12.1 Å². The quantitative estimate of drug-likeness (QED) is 0.588. The number of anilines is 1. The summed E-state index contributed by atoms with van der Waals surface area (Å²) in [6, 6.07) is 12.9. The molecule has 1 aliphatic heterocycles. The summed E-state index contributed by atoms with van der Waals surface area (Å²) < 4.78 is 7.35. The number of amides is 1. The van der Waals surface area contributed by atoms with Gasteiger partial charge in [-0.15, -0.1) is 10.2 Å². The molecule has 0 bridgehead atoms. The summed E-state index contributed by atoms with van der Waals surface area (Å²) in [5.41, 5.74) is 2.31. The van der Waals surface area contributed by atoms with Crippen LogP contribution in [0.2, 0.25) is 5.02 Å². The van der Waals surface area contributed by atoms with E-state index in [0.717, 1.165) is 54.3 Å². The summed E-state index contributed by atoms with van der Waals surface area (Å²) in [6.45, 7) is 0.883. The fourth-order valence-corrected chi connectivity index (χ4v) is 3.76. The second-order valence-corrected chi connectivity index (χ2v) is 7.60. The minimum Gasteiger partial charge on any atom is -0.497 e. The number of aromatic nitrogens is 3. The number of ether oxygens (including phenoxy) is 1. The number of nitrogens with one attached hydrogen (secondary N) is 1. The third kappa shape index (κ3) is 4.54. The fraction of sp³-hybridized carbons (Fsp3) is 0.261. The molecule has 0 saturated heterocycles. The number of carbonyl (C=O) groups excluding carboxylic acids is 1. The van der Waals surface area contributed by atoms with Gasteiger partial charge < -0.3 is 14.6 Å². The predicted molar refractivity (Wildman–Crippen MR) is 119 cm³/mol. The van der Waals surface area contributed by atoms with Crippen molar-refractivity contribution in [1.29, 1.82) is 0 Å². The van der Waals surface area contributed by atoms with E-state index < -0.39 is 0 Å². The van der Waals surface area contributed by atoms with Crippen LogP contribution in [0.4, 0.5) is 5.69 Å². The topological polar surface area (TPSA) is 69.0 Å². The van der Waals surface area contributed by atoms with Crippen molar-refractivity contribution in [3.05, 3.63) is 65.0 Å². The zero-order chi connectivity index (χ0) is 20.9. The van der Waals surface area contributed by atoms with Gasteiger partial charge in [-0.1, -0.05) is 30.2 Å². The molecule has 2 aromatic carbocycles. The highest BCUT2D eigenvalue weighted by atomic mass is 35.5. The maximum Gasteiger partial charge on any atom is 0.248 e. The van der Waals surface area contributed by atoms with Crippen molar-refractivity contribution in [2.24, 2.45) is 0 Å². The van der Waals surface area contributed by atoms with E-state index >= 15 is 0 Å². The molecule has 6 nitrogen and oxygen atoms in total. The second-order valence-electron chi connectivity index (χ2n) is 7.20. The van der Waals surface area contributed by atoms with Crippen LogP contribution in [0, 0.1) is 0 Å².